The Labute approximate surface area is 189 Å². The number of fused-ring (bicyclic) bond motifs is 1. The van der Waals surface area contributed by atoms with Gasteiger partial charge in [0, 0.05) is 0 Å². The normalized spacial score (nSPS) is 14.1. The molecular formula is C25H21NO3S2. The molecule has 0 spiro atoms. The number of thiazole rings is 1. The molecule has 0 aliphatic rings. The van der Waals surface area contributed by atoms with Crippen LogP contribution in [-0.4, -0.2) is 26.2 Å². The summed E-state index contributed by atoms with van der Waals surface area (Å²) in [6.45, 7) is 4.04. The SMILES string of the molecule is Cc1cc2nc(C(C(O)=S)(c3ccccc3)C(C(=O)O)c3ccccc3)sc2cc1C. The van der Waals surface area contributed by atoms with E-state index in [1.807, 2.05) is 50.2 Å². The third-order valence-electron chi connectivity index (χ3n) is 5.72. The van der Waals surface area contributed by atoms with Crippen LogP contribution in [0.15, 0.2) is 72.8 Å². The van der Waals surface area contributed by atoms with Gasteiger partial charge >= 0.3 is 5.97 Å². The zero-order valence-electron chi connectivity index (χ0n) is 17.1. The quantitative estimate of drug-likeness (QED) is 0.357. The highest BCUT2D eigenvalue weighted by Gasteiger charge is 2.53. The largest absolute Gasteiger partial charge is 0.501 e. The van der Waals surface area contributed by atoms with E-state index < -0.39 is 22.4 Å². The van der Waals surface area contributed by atoms with E-state index in [2.05, 4.69) is 0 Å². The first-order chi connectivity index (χ1) is 14.9. The maximum atomic E-state index is 12.7. The Morgan fingerprint density at radius 1 is 0.968 bits per heavy atom. The minimum atomic E-state index is -1.52. The van der Waals surface area contributed by atoms with Crippen molar-refractivity contribution < 1.29 is 15.0 Å². The first-order valence-electron chi connectivity index (χ1n) is 9.80. The molecule has 31 heavy (non-hydrogen) atoms. The summed E-state index contributed by atoms with van der Waals surface area (Å²) in [6.07, 6.45) is 0. The van der Waals surface area contributed by atoms with Crippen molar-refractivity contribution in [2.75, 3.05) is 0 Å². The summed E-state index contributed by atoms with van der Waals surface area (Å²) in [7, 11) is 0. The highest BCUT2D eigenvalue weighted by atomic mass is 32.1. The van der Waals surface area contributed by atoms with Gasteiger partial charge in [0.15, 0.2) is 5.05 Å². The van der Waals surface area contributed by atoms with Gasteiger partial charge in [0.25, 0.3) is 0 Å². The Morgan fingerprint density at radius 3 is 2.13 bits per heavy atom. The lowest BCUT2D eigenvalue weighted by atomic mass is 9.68. The van der Waals surface area contributed by atoms with Crippen molar-refractivity contribution in [3.8, 4) is 0 Å². The number of nitrogens with zero attached hydrogens (tertiary/aromatic N) is 1. The van der Waals surface area contributed by atoms with Gasteiger partial charge in [0.2, 0.25) is 0 Å². The summed E-state index contributed by atoms with van der Waals surface area (Å²) in [5.41, 5.74) is 2.59. The van der Waals surface area contributed by atoms with Crippen LogP contribution in [0.1, 0.15) is 33.2 Å². The van der Waals surface area contributed by atoms with Crippen molar-refractivity contribution in [3.05, 3.63) is 100 Å². The lowest BCUT2D eigenvalue weighted by Gasteiger charge is -2.36. The van der Waals surface area contributed by atoms with E-state index in [1.165, 1.54) is 11.3 Å². The van der Waals surface area contributed by atoms with Crippen LogP contribution in [0.2, 0.25) is 0 Å². The van der Waals surface area contributed by atoms with Gasteiger partial charge in [-0.2, -0.15) is 0 Å². The third-order valence-corrected chi connectivity index (χ3v) is 7.20. The Balaban J connectivity index is 2.11. The molecule has 2 atom stereocenters. The van der Waals surface area contributed by atoms with Gasteiger partial charge < -0.3 is 10.2 Å². The number of aryl methyl sites for hydroxylation is 2. The number of carboxylic acid groups (broad SMARTS) is 1. The number of aliphatic hydroxyl groups is 1. The Kier molecular flexibility index (Phi) is 5.60. The van der Waals surface area contributed by atoms with E-state index in [0.29, 0.717) is 16.1 Å². The summed E-state index contributed by atoms with van der Waals surface area (Å²) < 4.78 is 0.923. The Morgan fingerprint density at radius 2 is 1.55 bits per heavy atom. The molecule has 0 aliphatic heterocycles. The second-order valence-corrected chi connectivity index (χ2v) is 9.00. The maximum Gasteiger partial charge on any atom is 0.312 e. The van der Waals surface area contributed by atoms with Crippen molar-refractivity contribution in [2.24, 2.45) is 0 Å². The molecule has 1 aromatic heterocycles. The molecule has 6 heteroatoms. The summed E-state index contributed by atoms with van der Waals surface area (Å²) in [5, 5.41) is 21.5. The highest BCUT2D eigenvalue weighted by Crippen LogP contribution is 2.48. The lowest BCUT2D eigenvalue weighted by Crippen LogP contribution is -2.45. The predicted molar refractivity (Wildman–Crippen MR) is 128 cm³/mol. The van der Waals surface area contributed by atoms with Crippen LogP contribution in [0.3, 0.4) is 0 Å². The zero-order valence-corrected chi connectivity index (χ0v) is 18.7. The van der Waals surface area contributed by atoms with E-state index in [-0.39, 0.29) is 0 Å². The van der Waals surface area contributed by atoms with Crippen molar-refractivity contribution in [1.82, 2.24) is 4.98 Å². The predicted octanol–water partition coefficient (Wildman–Crippen LogP) is 5.95. The second kappa shape index (κ2) is 8.21. The van der Waals surface area contributed by atoms with E-state index in [9.17, 15) is 15.0 Å². The first-order valence-corrected chi connectivity index (χ1v) is 11.0. The topological polar surface area (TPSA) is 70.4 Å². The lowest BCUT2D eigenvalue weighted by molar-refractivity contribution is -0.139. The highest BCUT2D eigenvalue weighted by molar-refractivity contribution is 7.80. The minimum absolute atomic E-state index is 0.414. The van der Waals surface area contributed by atoms with Gasteiger partial charge in [0.05, 0.1) is 10.2 Å². The molecule has 0 bridgehead atoms. The number of carbonyl (C=O) groups is 1. The molecule has 0 aliphatic carbocycles. The number of hydrogen-bond acceptors (Lipinski definition) is 4. The molecule has 1 heterocycles. The second-order valence-electron chi connectivity index (χ2n) is 7.58. The number of aliphatic hydroxyl groups excluding tert-OH is 1. The fraction of sp³-hybridized carbons (Fsp3) is 0.160. The van der Waals surface area contributed by atoms with E-state index in [4.69, 9.17) is 17.2 Å². The Hall–Kier alpha value is -3.09. The van der Waals surface area contributed by atoms with E-state index in [1.54, 1.807) is 36.4 Å². The summed E-state index contributed by atoms with van der Waals surface area (Å²) in [4.78, 5) is 17.5. The van der Waals surface area contributed by atoms with Crippen LogP contribution < -0.4 is 0 Å². The van der Waals surface area contributed by atoms with Crippen LogP contribution in [-0.2, 0) is 10.2 Å². The number of aromatic nitrogens is 1. The monoisotopic (exact) mass is 447 g/mol. The molecule has 0 fully saturated rings. The molecule has 0 radical (unpaired) electrons. The number of hydrogen-bond donors (Lipinski definition) is 2. The third kappa shape index (κ3) is 3.52. The van der Waals surface area contributed by atoms with Gasteiger partial charge in [0.1, 0.15) is 16.3 Å². The molecule has 0 saturated carbocycles. The van der Waals surface area contributed by atoms with Crippen molar-refractivity contribution in [1.29, 1.82) is 0 Å². The number of carboxylic acids is 1. The standard InChI is InChI=1S/C25H21NO3S2/c1-15-13-19-20(14-16(15)2)31-23(26-19)25(24(29)30,18-11-7-4-8-12-18)21(22(27)28)17-9-5-3-6-10-17/h3-14,21H,1-2H3,(H,27,28)(H,29,30). The molecule has 2 unspecified atom stereocenters. The molecule has 2 N–H and O–H groups in total. The molecule has 156 valence electrons. The molecule has 4 aromatic rings. The zero-order chi connectivity index (χ0) is 22.2. The van der Waals surface area contributed by atoms with Crippen molar-refractivity contribution in [3.63, 3.8) is 0 Å². The van der Waals surface area contributed by atoms with Crippen LogP contribution in [0.4, 0.5) is 0 Å². The van der Waals surface area contributed by atoms with Gasteiger partial charge in [-0.3, -0.25) is 4.79 Å². The first kappa shape index (κ1) is 21.2. The molecular weight excluding hydrogens is 426 g/mol. The van der Waals surface area contributed by atoms with Gasteiger partial charge in [-0.05, 0) is 60.5 Å². The minimum Gasteiger partial charge on any atom is -0.501 e. The number of benzene rings is 3. The van der Waals surface area contributed by atoms with E-state index in [0.717, 1.165) is 21.3 Å². The van der Waals surface area contributed by atoms with Gasteiger partial charge in [-0.1, -0.05) is 60.7 Å². The number of aliphatic carboxylic acids is 1. The average Bonchev–Trinajstić information content (AvgIpc) is 3.15. The van der Waals surface area contributed by atoms with Crippen LogP contribution in [0, 0.1) is 13.8 Å². The van der Waals surface area contributed by atoms with Crippen molar-refractivity contribution >= 4 is 44.8 Å². The van der Waals surface area contributed by atoms with Crippen molar-refractivity contribution in [2.45, 2.75) is 25.2 Å². The molecule has 4 nitrogen and oxygen atoms in total. The van der Waals surface area contributed by atoms with Crippen LogP contribution in [0.25, 0.3) is 10.2 Å². The Bertz CT molecular complexity index is 1230. The summed E-state index contributed by atoms with van der Waals surface area (Å²) >= 11 is 6.77. The molecule has 0 saturated heterocycles. The van der Waals surface area contributed by atoms with E-state index >= 15 is 0 Å². The number of thiocarbonyl (C=S) groups is 1. The van der Waals surface area contributed by atoms with Crippen LogP contribution in [0.5, 0.6) is 0 Å². The molecule has 4 rings (SSSR count). The summed E-state index contributed by atoms with van der Waals surface area (Å²) in [6, 6.07) is 22.0. The number of rotatable bonds is 6. The fourth-order valence-corrected chi connectivity index (χ4v) is 5.71. The van der Waals surface area contributed by atoms with Gasteiger partial charge in [-0.25, -0.2) is 4.98 Å². The molecule has 0 amide bonds. The summed E-state index contributed by atoms with van der Waals surface area (Å²) in [5.74, 6) is -2.24. The average molecular weight is 448 g/mol. The molecule has 3 aromatic carbocycles. The van der Waals surface area contributed by atoms with Crippen LogP contribution >= 0.6 is 23.6 Å². The maximum absolute atomic E-state index is 12.7. The smallest absolute Gasteiger partial charge is 0.312 e. The van der Waals surface area contributed by atoms with Gasteiger partial charge in [-0.15, -0.1) is 11.3 Å². The fourth-order valence-electron chi connectivity index (χ4n) is 4.02.